The first-order chi connectivity index (χ1) is 12.9. The molecule has 150 valence electrons. The van der Waals surface area contributed by atoms with E-state index in [2.05, 4.69) is 22.2 Å². The zero-order chi connectivity index (χ0) is 19.8. The lowest BCUT2D eigenvalue weighted by Crippen LogP contribution is -2.52. The lowest BCUT2D eigenvalue weighted by molar-refractivity contribution is -0.147. The van der Waals surface area contributed by atoms with E-state index in [4.69, 9.17) is 9.15 Å². The molecule has 1 atom stereocenters. The van der Waals surface area contributed by atoms with Crippen LogP contribution >= 0.6 is 0 Å². The van der Waals surface area contributed by atoms with Crippen molar-refractivity contribution in [1.82, 2.24) is 20.0 Å². The Bertz CT molecular complexity index is 626. The van der Waals surface area contributed by atoms with E-state index in [9.17, 15) is 14.4 Å². The third kappa shape index (κ3) is 6.37. The van der Waals surface area contributed by atoms with E-state index in [0.717, 1.165) is 26.2 Å². The number of ether oxygens (including phenoxy) is 1. The molecular weight excluding hydrogens is 352 g/mol. The Balaban J connectivity index is 1.93. The molecule has 2 heterocycles. The van der Waals surface area contributed by atoms with Crippen molar-refractivity contribution in [2.45, 2.75) is 13.0 Å². The molecule has 9 heteroatoms. The molecule has 1 aromatic heterocycles. The van der Waals surface area contributed by atoms with Crippen LogP contribution in [0.4, 0.5) is 0 Å². The van der Waals surface area contributed by atoms with Gasteiger partial charge in [0, 0.05) is 39.3 Å². The minimum absolute atomic E-state index is 0.144. The van der Waals surface area contributed by atoms with Crippen LogP contribution in [0.5, 0.6) is 0 Å². The van der Waals surface area contributed by atoms with Crippen LogP contribution in [0.3, 0.4) is 0 Å². The van der Waals surface area contributed by atoms with E-state index in [1.807, 2.05) is 0 Å². The van der Waals surface area contributed by atoms with E-state index < -0.39 is 17.9 Å². The molecule has 1 aromatic rings. The fraction of sp³-hybridized carbons (Fsp3) is 0.611. The van der Waals surface area contributed by atoms with Crippen molar-refractivity contribution in [3.8, 4) is 0 Å². The normalized spacial score (nSPS) is 16.6. The van der Waals surface area contributed by atoms with E-state index in [1.165, 1.54) is 30.6 Å². The second kappa shape index (κ2) is 10.1. The second-order valence-electron chi connectivity index (χ2n) is 6.69. The smallest absolute Gasteiger partial charge is 0.325 e. The third-order valence-electron chi connectivity index (χ3n) is 4.64. The van der Waals surface area contributed by atoms with Crippen LogP contribution in [-0.4, -0.2) is 98.5 Å². The van der Waals surface area contributed by atoms with Crippen molar-refractivity contribution in [1.29, 1.82) is 0 Å². The van der Waals surface area contributed by atoms with Gasteiger partial charge < -0.3 is 24.3 Å². The van der Waals surface area contributed by atoms with Crippen LogP contribution in [0.2, 0.25) is 0 Å². The average Bonchev–Trinajstić information content (AvgIpc) is 3.20. The standard InChI is InChI=1S/C18H28N4O5/c1-14(19-17(24)15-4-11-27-13-15)18(25)22(12-16(23)26-3)10-9-21-7-5-20(2)6-8-21/h4,11,13-14H,5-10,12H2,1-3H3,(H,19,24). The Kier molecular flexibility index (Phi) is 7.81. The van der Waals surface area contributed by atoms with Crippen LogP contribution < -0.4 is 5.32 Å². The van der Waals surface area contributed by atoms with Crippen LogP contribution in [0, 0.1) is 0 Å². The highest BCUT2D eigenvalue weighted by molar-refractivity contribution is 5.97. The summed E-state index contributed by atoms with van der Waals surface area (Å²) in [5, 5.41) is 2.64. The van der Waals surface area contributed by atoms with Crippen molar-refractivity contribution in [3.05, 3.63) is 24.2 Å². The monoisotopic (exact) mass is 380 g/mol. The zero-order valence-corrected chi connectivity index (χ0v) is 16.1. The maximum atomic E-state index is 12.8. The van der Waals surface area contributed by atoms with Gasteiger partial charge in [0.1, 0.15) is 18.8 Å². The molecule has 1 unspecified atom stereocenters. The quantitative estimate of drug-likeness (QED) is 0.616. The summed E-state index contributed by atoms with van der Waals surface area (Å²) < 4.78 is 9.58. The molecule has 1 saturated heterocycles. The van der Waals surface area contributed by atoms with Crippen LogP contribution in [0.15, 0.2) is 23.0 Å². The number of carbonyl (C=O) groups is 3. The summed E-state index contributed by atoms with van der Waals surface area (Å²) in [4.78, 5) is 42.5. The average molecular weight is 380 g/mol. The van der Waals surface area contributed by atoms with Gasteiger partial charge in [0.25, 0.3) is 5.91 Å². The fourth-order valence-electron chi connectivity index (χ4n) is 2.83. The van der Waals surface area contributed by atoms with Gasteiger partial charge in [-0.3, -0.25) is 19.3 Å². The number of piperazine rings is 1. The first-order valence-electron chi connectivity index (χ1n) is 9.00. The topological polar surface area (TPSA) is 95.3 Å². The Morgan fingerprint density at radius 3 is 2.59 bits per heavy atom. The van der Waals surface area contributed by atoms with Gasteiger partial charge in [0.05, 0.1) is 18.9 Å². The SMILES string of the molecule is COC(=O)CN(CCN1CCN(C)CC1)C(=O)C(C)NC(=O)c1ccoc1. The number of hydrogen-bond acceptors (Lipinski definition) is 7. The fourth-order valence-corrected chi connectivity index (χ4v) is 2.83. The number of nitrogens with zero attached hydrogens (tertiary/aromatic N) is 3. The lowest BCUT2D eigenvalue weighted by atomic mass is 10.2. The summed E-state index contributed by atoms with van der Waals surface area (Å²) in [5.74, 6) is -1.22. The number of hydrogen-bond donors (Lipinski definition) is 1. The summed E-state index contributed by atoms with van der Waals surface area (Å²) in [6.07, 6.45) is 2.70. The van der Waals surface area contributed by atoms with Gasteiger partial charge in [-0.1, -0.05) is 0 Å². The number of amides is 2. The van der Waals surface area contributed by atoms with Crippen molar-refractivity contribution < 1.29 is 23.5 Å². The summed E-state index contributed by atoms with van der Waals surface area (Å²) in [7, 11) is 3.37. The number of methoxy groups -OCH3 is 1. The lowest BCUT2D eigenvalue weighted by Gasteiger charge is -2.34. The molecule has 27 heavy (non-hydrogen) atoms. The van der Waals surface area contributed by atoms with Gasteiger partial charge in [-0.15, -0.1) is 0 Å². The van der Waals surface area contributed by atoms with Crippen molar-refractivity contribution in [2.24, 2.45) is 0 Å². The van der Waals surface area contributed by atoms with Crippen molar-refractivity contribution in [2.75, 3.05) is 60.0 Å². The molecule has 0 aromatic carbocycles. The van der Waals surface area contributed by atoms with Crippen LogP contribution in [-0.2, 0) is 14.3 Å². The summed E-state index contributed by atoms with van der Waals surface area (Å²) in [6.45, 7) is 6.30. The number of likely N-dealkylation sites (N-methyl/N-ethyl adjacent to an activating group) is 1. The van der Waals surface area contributed by atoms with Crippen molar-refractivity contribution >= 4 is 17.8 Å². The molecule has 1 aliphatic heterocycles. The summed E-state index contributed by atoms with van der Waals surface area (Å²) in [5.41, 5.74) is 0.339. The number of carbonyl (C=O) groups excluding carboxylic acids is 3. The maximum absolute atomic E-state index is 12.8. The second-order valence-corrected chi connectivity index (χ2v) is 6.69. The molecule has 0 aliphatic carbocycles. The first kappa shape index (κ1) is 20.9. The van der Waals surface area contributed by atoms with Crippen molar-refractivity contribution in [3.63, 3.8) is 0 Å². The number of rotatable bonds is 8. The van der Waals surface area contributed by atoms with Gasteiger partial charge in [-0.25, -0.2) is 0 Å². The molecular formula is C18H28N4O5. The largest absolute Gasteiger partial charge is 0.472 e. The highest BCUT2D eigenvalue weighted by Crippen LogP contribution is 2.04. The highest BCUT2D eigenvalue weighted by atomic mass is 16.5. The third-order valence-corrected chi connectivity index (χ3v) is 4.64. The Hall–Kier alpha value is -2.39. The van der Waals surface area contributed by atoms with Gasteiger partial charge in [-0.2, -0.15) is 0 Å². The van der Waals surface area contributed by atoms with E-state index in [-0.39, 0.29) is 12.5 Å². The molecule has 1 N–H and O–H groups in total. The number of esters is 1. The van der Waals surface area contributed by atoms with Crippen LogP contribution in [0.1, 0.15) is 17.3 Å². The Morgan fingerprint density at radius 1 is 1.30 bits per heavy atom. The van der Waals surface area contributed by atoms with Gasteiger partial charge in [0.2, 0.25) is 5.91 Å². The van der Waals surface area contributed by atoms with E-state index >= 15 is 0 Å². The van der Waals surface area contributed by atoms with E-state index in [0.29, 0.717) is 18.7 Å². The zero-order valence-electron chi connectivity index (χ0n) is 16.1. The minimum Gasteiger partial charge on any atom is -0.472 e. The predicted octanol–water partition coefficient (Wildman–Crippen LogP) is -0.353. The minimum atomic E-state index is -0.774. The number of furan rings is 1. The van der Waals surface area contributed by atoms with Gasteiger partial charge in [-0.05, 0) is 20.0 Å². The molecule has 9 nitrogen and oxygen atoms in total. The predicted molar refractivity (Wildman–Crippen MR) is 98.2 cm³/mol. The van der Waals surface area contributed by atoms with Gasteiger partial charge >= 0.3 is 5.97 Å². The number of nitrogens with one attached hydrogen (secondary N) is 1. The summed E-state index contributed by atoms with van der Waals surface area (Å²) in [6, 6.07) is 0.746. The first-order valence-corrected chi connectivity index (χ1v) is 9.00. The molecule has 2 rings (SSSR count). The highest BCUT2D eigenvalue weighted by Gasteiger charge is 2.26. The molecule has 1 fully saturated rings. The Labute approximate surface area is 159 Å². The Morgan fingerprint density at radius 2 is 2.00 bits per heavy atom. The van der Waals surface area contributed by atoms with Crippen LogP contribution in [0.25, 0.3) is 0 Å². The molecule has 0 spiro atoms. The molecule has 0 radical (unpaired) electrons. The maximum Gasteiger partial charge on any atom is 0.325 e. The molecule has 2 amide bonds. The molecule has 0 saturated carbocycles. The summed E-state index contributed by atoms with van der Waals surface area (Å²) >= 11 is 0. The molecule has 1 aliphatic rings. The molecule has 0 bridgehead atoms. The van der Waals surface area contributed by atoms with E-state index in [1.54, 1.807) is 6.92 Å². The van der Waals surface area contributed by atoms with Gasteiger partial charge in [0.15, 0.2) is 0 Å².